The van der Waals surface area contributed by atoms with E-state index in [2.05, 4.69) is 58.9 Å². The van der Waals surface area contributed by atoms with Crippen LogP contribution < -0.4 is 9.80 Å². The highest BCUT2D eigenvalue weighted by molar-refractivity contribution is 7.80. The number of nitrogens with zero attached hydrogens (tertiary/aromatic N) is 3. The molecule has 0 atom stereocenters. The van der Waals surface area contributed by atoms with Crippen molar-refractivity contribution in [2.75, 3.05) is 49.1 Å². The van der Waals surface area contributed by atoms with Gasteiger partial charge in [-0.05, 0) is 56.3 Å². The van der Waals surface area contributed by atoms with Crippen molar-refractivity contribution in [2.24, 2.45) is 0 Å². The second-order valence-corrected chi connectivity index (χ2v) is 7.30. The fourth-order valence-corrected chi connectivity index (χ4v) is 3.93. The number of rotatable bonds is 5. The van der Waals surface area contributed by atoms with Crippen LogP contribution in [0.5, 0.6) is 0 Å². The van der Waals surface area contributed by atoms with Gasteiger partial charge in [0.1, 0.15) is 4.99 Å². The van der Waals surface area contributed by atoms with E-state index in [-0.39, 0.29) is 0 Å². The molecule has 5 heteroatoms. The van der Waals surface area contributed by atoms with Gasteiger partial charge in [-0.15, -0.1) is 0 Å². The molecule has 2 aromatic rings. The normalized spacial score (nSPS) is 14.4. The summed E-state index contributed by atoms with van der Waals surface area (Å²) in [6.07, 6.45) is 0. The summed E-state index contributed by atoms with van der Waals surface area (Å²) < 4.78 is 0. The van der Waals surface area contributed by atoms with Crippen molar-refractivity contribution in [3.63, 3.8) is 0 Å². The molecular formula is C21H26ClN3S. The Hall–Kier alpha value is -1.78. The van der Waals surface area contributed by atoms with E-state index in [0.717, 1.165) is 54.8 Å². The average molecular weight is 388 g/mol. The highest BCUT2D eigenvalue weighted by Gasteiger charge is 2.20. The Kier molecular flexibility index (Phi) is 6.38. The number of halogens is 1. The molecule has 26 heavy (non-hydrogen) atoms. The highest BCUT2D eigenvalue weighted by atomic mass is 35.5. The van der Waals surface area contributed by atoms with Crippen molar-refractivity contribution in [1.29, 1.82) is 0 Å². The van der Waals surface area contributed by atoms with Gasteiger partial charge in [0, 0.05) is 61.2 Å². The van der Waals surface area contributed by atoms with Gasteiger partial charge in [0.25, 0.3) is 0 Å². The summed E-state index contributed by atoms with van der Waals surface area (Å²) in [5.74, 6) is 0. The molecule has 3 rings (SSSR count). The Morgan fingerprint density at radius 3 is 2.23 bits per heavy atom. The summed E-state index contributed by atoms with van der Waals surface area (Å²) >= 11 is 11.9. The Labute approximate surface area is 167 Å². The van der Waals surface area contributed by atoms with Crippen LogP contribution in [-0.4, -0.2) is 49.2 Å². The standard InChI is InChI=1S/C21H26ClN3S/c1-3-23(4-2)19-10-8-17(9-11-19)21(26)25-14-12-24(13-15-25)20-7-5-6-18(22)16-20/h5-11,16H,3-4,12-15H2,1-2H3. The second-order valence-electron chi connectivity index (χ2n) is 6.48. The van der Waals surface area contributed by atoms with Crippen molar-refractivity contribution >= 4 is 40.2 Å². The molecule has 1 saturated heterocycles. The molecule has 0 aromatic heterocycles. The molecule has 0 radical (unpaired) electrons. The first-order valence-corrected chi connectivity index (χ1v) is 10.1. The lowest BCUT2D eigenvalue weighted by atomic mass is 10.1. The van der Waals surface area contributed by atoms with Gasteiger partial charge in [0.05, 0.1) is 0 Å². The maximum Gasteiger partial charge on any atom is 0.109 e. The number of thiocarbonyl (C=S) groups is 1. The monoisotopic (exact) mass is 387 g/mol. The summed E-state index contributed by atoms with van der Waals surface area (Å²) in [4.78, 5) is 7.97. The third kappa shape index (κ3) is 4.30. The molecule has 1 aliphatic rings. The summed E-state index contributed by atoms with van der Waals surface area (Å²) in [5, 5.41) is 0.786. The predicted octanol–water partition coefficient (Wildman–Crippen LogP) is 4.68. The topological polar surface area (TPSA) is 9.72 Å². The van der Waals surface area contributed by atoms with Gasteiger partial charge >= 0.3 is 0 Å². The van der Waals surface area contributed by atoms with E-state index in [4.69, 9.17) is 23.8 Å². The minimum absolute atomic E-state index is 0.786. The molecule has 1 fully saturated rings. The van der Waals surface area contributed by atoms with Crippen molar-refractivity contribution in [1.82, 2.24) is 4.90 Å². The molecule has 0 amide bonds. The number of hydrogen-bond donors (Lipinski definition) is 0. The van der Waals surface area contributed by atoms with Crippen LogP contribution in [0.4, 0.5) is 11.4 Å². The molecule has 0 saturated carbocycles. The Balaban J connectivity index is 1.61. The zero-order valence-electron chi connectivity index (χ0n) is 15.5. The first kappa shape index (κ1) is 19.0. The lowest BCUT2D eigenvalue weighted by molar-refractivity contribution is 0.392. The van der Waals surface area contributed by atoms with Crippen LogP contribution in [0.3, 0.4) is 0 Å². The van der Waals surface area contributed by atoms with Crippen LogP contribution in [0.25, 0.3) is 0 Å². The van der Waals surface area contributed by atoms with Crippen LogP contribution in [0.1, 0.15) is 19.4 Å². The van der Waals surface area contributed by atoms with E-state index >= 15 is 0 Å². The van der Waals surface area contributed by atoms with E-state index in [1.807, 2.05) is 18.2 Å². The molecule has 1 heterocycles. The average Bonchev–Trinajstić information content (AvgIpc) is 2.69. The molecule has 0 spiro atoms. The smallest absolute Gasteiger partial charge is 0.109 e. The SMILES string of the molecule is CCN(CC)c1ccc(C(=S)N2CCN(c3cccc(Cl)c3)CC2)cc1. The van der Waals surface area contributed by atoms with Crippen molar-refractivity contribution in [3.8, 4) is 0 Å². The molecule has 0 aliphatic carbocycles. The maximum atomic E-state index is 6.12. The van der Waals surface area contributed by atoms with E-state index in [9.17, 15) is 0 Å². The van der Waals surface area contributed by atoms with Gasteiger partial charge in [-0.2, -0.15) is 0 Å². The molecule has 0 bridgehead atoms. The molecule has 138 valence electrons. The summed E-state index contributed by atoms with van der Waals surface area (Å²) in [6, 6.07) is 16.7. The number of anilines is 2. The molecule has 3 nitrogen and oxygen atoms in total. The minimum Gasteiger partial charge on any atom is -0.372 e. The fraction of sp³-hybridized carbons (Fsp3) is 0.381. The summed E-state index contributed by atoms with van der Waals surface area (Å²) in [6.45, 7) is 10.2. The Morgan fingerprint density at radius 1 is 1.00 bits per heavy atom. The maximum absolute atomic E-state index is 6.12. The van der Waals surface area contributed by atoms with Crippen LogP contribution in [-0.2, 0) is 0 Å². The third-order valence-corrected chi connectivity index (χ3v) is 5.71. The first-order chi connectivity index (χ1) is 12.6. The minimum atomic E-state index is 0.786. The van der Waals surface area contributed by atoms with Crippen LogP contribution >= 0.6 is 23.8 Å². The fourth-order valence-electron chi connectivity index (χ4n) is 3.43. The van der Waals surface area contributed by atoms with Crippen molar-refractivity contribution in [2.45, 2.75) is 13.8 Å². The number of benzene rings is 2. The predicted molar refractivity (Wildman–Crippen MR) is 117 cm³/mol. The van der Waals surface area contributed by atoms with Crippen molar-refractivity contribution < 1.29 is 0 Å². The summed E-state index contributed by atoms with van der Waals surface area (Å²) in [5.41, 5.74) is 3.58. The van der Waals surface area contributed by atoms with Gasteiger partial charge in [0.15, 0.2) is 0 Å². The lowest BCUT2D eigenvalue weighted by Crippen LogP contribution is -2.48. The zero-order chi connectivity index (χ0) is 18.5. The highest BCUT2D eigenvalue weighted by Crippen LogP contribution is 2.22. The number of piperazine rings is 1. The third-order valence-electron chi connectivity index (χ3n) is 4.98. The zero-order valence-corrected chi connectivity index (χ0v) is 17.1. The second kappa shape index (κ2) is 8.74. The van der Waals surface area contributed by atoms with Gasteiger partial charge in [-0.3, -0.25) is 0 Å². The Bertz CT molecular complexity index is 735. The van der Waals surface area contributed by atoms with Gasteiger partial charge in [-0.25, -0.2) is 0 Å². The van der Waals surface area contributed by atoms with Crippen molar-refractivity contribution in [3.05, 3.63) is 59.1 Å². The largest absolute Gasteiger partial charge is 0.372 e. The van der Waals surface area contributed by atoms with E-state index in [1.54, 1.807) is 0 Å². The molecule has 0 N–H and O–H groups in total. The molecule has 1 aliphatic heterocycles. The van der Waals surface area contributed by atoms with Gasteiger partial charge in [-0.1, -0.05) is 29.9 Å². The molecule has 2 aromatic carbocycles. The summed E-state index contributed by atoms with van der Waals surface area (Å²) in [7, 11) is 0. The van der Waals surface area contributed by atoms with Crippen LogP contribution in [0, 0.1) is 0 Å². The molecule has 0 unspecified atom stereocenters. The van der Waals surface area contributed by atoms with E-state index in [1.165, 1.54) is 11.4 Å². The Morgan fingerprint density at radius 2 is 1.65 bits per heavy atom. The quantitative estimate of drug-likeness (QED) is 0.688. The first-order valence-electron chi connectivity index (χ1n) is 9.27. The molecular weight excluding hydrogens is 362 g/mol. The van der Waals surface area contributed by atoms with Crippen LogP contribution in [0.15, 0.2) is 48.5 Å². The van der Waals surface area contributed by atoms with Gasteiger partial charge < -0.3 is 14.7 Å². The van der Waals surface area contributed by atoms with E-state index < -0.39 is 0 Å². The van der Waals surface area contributed by atoms with Gasteiger partial charge in [0.2, 0.25) is 0 Å². The lowest BCUT2D eigenvalue weighted by Gasteiger charge is -2.37. The van der Waals surface area contributed by atoms with E-state index in [0.29, 0.717) is 0 Å². The number of hydrogen-bond acceptors (Lipinski definition) is 3. The van der Waals surface area contributed by atoms with Crippen LogP contribution in [0.2, 0.25) is 5.02 Å².